The third-order valence-corrected chi connectivity index (χ3v) is 8.79. The normalized spacial score (nSPS) is 14.9. The Labute approximate surface area is 215 Å². The molecule has 1 saturated carbocycles. The molecule has 4 rings (SSSR count). The Hall–Kier alpha value is -3.69. The van der Waals surface area contributed by atoms with Gasteiger partial charge in [0, 0.05) is 18.9 Å². The molecule has 1 aromatic carbocycles. The summed E-state index contributed by atoms with van der Waals surface area (Å²) in [6.45, 7) is 4.77. The highest BCUT2D eigenvalue weighted by atomic mass is 32.2. The second-order valence-corrected chi connectivity index (χ2v) is 11.5. The molecule has 37 heavy (non-hydrogen) atoms. The van der Waals surface area contributed by atoms with Gasteiger partial charge >= 0.3 is 5.97 Å². The fraction of sp³-hybridized carbons (Fsp3) is 0.440. The molecule has 0 spiro atoms. The molecule has 0 radical (unpaired) electrons. The van der Waals surface area contributed by atoms with Crippen LogP contribution in [0.3, 0.4) is 0 Å². The summed E-state index contributed by atoms with van der Waals surface area (Å²) in [7, 11) is -2.67. The van der Waals surface area contributed by atoms with Crippen molar-refractivity contribution in [2.75, 3.05) is 19.0 Å². The van der Waals surface area contributed by atoms with E-state index in [0.717, 1.165) is 17.1 Å². The molecule has 0 saturated heterocycles. The van der Waals surface area contributed by atoms with E-state index in [2.05, 4.69) is 21.5 Å². The lowest BCUT2D eigenvalue weighted by atomic mass is 10.1. The van der Waals surface area contributed by atoms with Crippen molar-refractivity contribution in [2.24, 2.45) is 5.92 Å². The molecule has 0 aliphatic heterocycles. The number of anilines is 2. The lowest BCUT2D eigenvalue weighted by Gasteiger charge is -2.32. The van der Waals surface area contributed by atoms with Gasteiger partial charge in [-0.3, -0.25) is 14.3 Å². The minimum absolute atomic E-state index is 0.00558. The molecule has 2 N–H and O–H groups in total. The molecule has 2 heterocycles. The smallest absolute Gasteiger partial charge is 0.327 e. The topological polar surface area (TPSA) is 150 Å². The summed E-state index contributed by atoms with van der Waals surface area (Å²) in [5.74, 6) is 0.0137. The van der Waals surface area contributed by atoms with Crippen molar-refractivity contribution in [1.82, 2.24) is 19.1 Å². The van der Waals surface area contributed by atoms with Gasteiger partial charge in [0.25, 0.3) is 5.56 Å². The number of pyridine rings is 1. The summed E-state index contributed by atoms with van der Waals surface area (Å²) in [5.41, 5.74) is -0.579. The molecule has 0 amide bonds. The standard InChI is InChI=1S/C25H30N6O5S/c1-5-36-24(33)25(2,3)30(4)37(34,35)18-10-8-17(9-11-18)28-22-21-20(13-15-27-23(21)32)31(29-22)19(12-14-26)16-6-7-16/h8-11,13,15-16,19H,5-7,12H2,1-4H3,(H,27,32)(H,28,29). The van der Waals surface area contributed by atoms with Crippen LogP contribution >= 0.6 is 0 Å². The number of nitrogens with one attached hydrogen (secondary N) is 2. The Bertz CT molecular complexity index is 1510. The summed E-state index contributed by atoms with van der Waals surface area (Å²) in [5, 5.41) is 17.5. The molecule has 11 nitrogen and oxygen atoms in total. The number of fused-ring (bicyclic) bond motifs is 1. The maximum absolute atomic E-state index is 13.2. The van der Waals surface area contributed by atoms with Crippen LogP contribution in [0.25, 0.3) is 10.9 Å². The Kier molecular flexibility index (Phi) is 7.12. The van der Waals surface area contributed by atoms with E-state index in [1.807, 2.05) is 0 Å². The van der Waals surface area contributed by atoms with Crippen molar-refractivity contribution >= 4 is 38.4 Å². The van der Waals surface area contributed by atoms with E-state index in [1.165, 1.54) is 33.0 Å². The minimum atomic E-state index is -4.01. The van der Waals surface area contributed by atoms with Crippen LogP contribution in [0.5, 0.6) is 0 Å². The van der Waals surface area contributed by atoms with Gasteiger partial charge in [-0.1, -0.05) is 0 Å². The average molecular weight is 527 g/mol. The largest absolute Gasteiger partial charge is 0.465 e. The number of esters is 1. The molecule has 3 aromatic rings. The quantitative estimate of drug-likeness (QED) is 0.382. The van der Waals surface area contributed by atoms with Crippen molar-refractivity contribution in [2.45, 2.75) is 56.5 Å². The summed E-state index contributed by atoms with van der Waals surface area (Å²) >= 11 is 0. The second-order valence-electron chi connectivity index (χ2n) is 9.53. The van der Waals surface area contributed by atoms with Crippen molar-refractivity contribution in [3.05, 3.63) is 46.9 Å². The number of hydrogen-bond acceptors (Lipinski definition) is 8. The minimum Gasteiger partial charge on any atom is -0.465 e. The summed E-state index contributed by atoms with van der Waals surface area (Å²) in [6, 6.07) is 9.82. The monoisotopic (exact) mass is 526 g/mol. The van der Waals surface area contributed by atoms with Gasteiger partial charge in [0.2, 0.25) is 10.0 Å². The number of aromatic nitrogens is 3. The van der Waals surface area contributed by atoms with Gasteiger partial charge < -0.3 is 15.0 Å². The second kappa shape index (κ2) is 9.99. The Morgan fingerprint density at radius 3 is 2.59 bits per heavy atom. The average Bonchev–Trinajstić information content (AvgIpc) is 3.64. The molecule has 196 valence electrons. The van der Waals surface area contributed by atoms with E-state index >= 15 is 0 Å². The first-order valence-corrected chi connectivity index (χ1v) is 13.5. The van der Waals surface area contributed by atoms with Crippen molar-refractivity contribution < 1.29 is 17.9 Å². The first-order chi connectivity index (χ1) is 17.5. The Balaban J connectivity index is 1.64. The van der Waals surface area contributed by atoms with Crippen molar-refractivity contribution in [3.63, 3.8) is 0 Å². The Morgan fingerprint density at radius 2 is 2.00 bits per heavy atom. The molecular weight excluding hydrogens is 496 g/mol. The number of H-pyrrole nitrogens is 1. The van der Waals surface area contributed by atoms with Gasteiger partial charge in [-0.05, 0) is 69.9 Å². The fourth-order valence-corrected chi connectivity index (χ4v) is 5.68. The van der Waals surface area contributed by atoms with Crippen molar-refractivity contribution in [1.29, 1.82) is 5.26 Å². The van der Waals surface area contributed by atoms with E-state index in [0.29, 0.717) is 28.3 Å². The Morgan fingerprint density at radius 1 is 1.32 bits per heavy atom. The first kappa shape index (κ1) is 26.4. The third kappa shape index (κ3) is 4.97. The van der Waals surface area contributed by atoms with Crippen LogP contribution in [0, 0.1) is 17.2 Å². The zero-order valence-corrected chi connectivity index (χ0v) is 22.0. The maximum atomic E-state index is 13.2. The predicted octanol–water partition coefficient (Wildman–Crippen LogP) is 3.30. The van der Waals surface area contributed by atoms with Crippen LogP contribution in [0.1, 0.15) is 46.1 Å². The van der Waals surface area contributed by atoms with E-state index in [4.69, 9.17) is 4.74 Å². The van der Waals surface area contributed by atoms with Gasteiger partial charge in [0.1, 0.15) is 10.9 Å². The van der Waals surface area contributed by atoms with Crippen LogP contribution in [0.2, 0.25) is 0 Å². The molecule has 1 unspecified atom stereocenters. The van der Waals surface area contributed by atoms with E-state index < -0.39 is 21.5 Å². The number of nitriles is 1. The van der Waals surface area contributed by atoms with Crippen molar-refractivity contribution in [3.8, 4) is 6.07 Å². The van der Waals surface area contributed by atoms with Crippen LogP contribution in [0.15, 0.2) is 46.2 Å². The van der Waals surface area contributed by atoms with Gasteiger partial charge in [0.15, 0.2) is 5.82 Å². The first-order valence-electron chi connectivity index (χ1n) is 12.0. The van der Waals surface area contributed by atoms with Gasteiger partial charge in [-0.15, -0.1) is 0 Å². The van der Waals surface area contributed by atoms with Crippen LogP contribution in [-0.4, -0.2) is 52.7 Å². The van der Waals surface area contributed by atoms with E-state index in [1.54, 1.807) is 36.0 Å². The molecule has 1 aliphatic carbocycles. The van der Waals surface area contributed by atoms with Crippen LogP contribution in [-0.2, 0) is 19.6 Å². The number of aromatic amines is 1. The number of carbonyl (C=O) groups is 1. The zero-order valence-electron chi connectivity index (χ0n) is 21.2. The van der Waals surface area contributed by atoms with Crippen LogP contribution in [0.4, 0.5) is 11.5 Å². The van der Waals surface area contributed by atoms with Crippen LogP contribution < -0.4 is 10.9 Å². The highest BCUT2D eigenvalue weighted by Gasteiger charge is 2.41. The number of benzene rings is 1. The fourth-order valence-electron chi connectivity index (χ4n) is 4.21. The maximum Gasteiger partial charge on any atom is 0.327 e. The molecule has 1 fully saturated rings. The van der Waals surface area contributed by atoms with Gasteiger partial charge in [-0.25, -0.2) is 8.42 Å². The SMILES string of the molecule is CCOC(=O)C(C)(C)N(C)S(=O)(=O)c1ccc(Nc2nn(C(CC#N)C3CC3)c3cc[nH]c(=O)c23)cc1. The summed E-state index contributed by atoms with van der Waals surface area (Å²) in [4.78, 5) is 27.7. The summed E-state index contributed by atoms with van der Waals surface area (Å²) in [6.07, 6.45) is 3.86. The highest BCUT2D eigenvalue weighted by Crippen LogP contribution is 2.43. The highest BCUT2D eigenvalue weighted by molar-refractivity contribution is 7.89. The lowest BCUT2D eigenvalue weighted by molar-refractivity contribution is -0.152. The predicted molar refractivity (Wildman–Crippen MR) is 138 cm³/mol. The number of sulfonamides is 1. The number of likely N-dealkylation sites (N-methyl/N-ethyl adjacent to an activating group) is 1. The molecule has 2 aromatic heterocycles. The van der Waals surface area contributed by atoms with Gasteiger partial charge in [-0.2, -0.15) is 14.7 Å². The third-order valence-electron chi connectivity index (χ3n) is 6.75. The zero-order chi connectivity index (χ0) is 27.0. The number of rotatable bonds is 10. The molecule has 0 bridgehead atoms. The van der Waals surface area contributed by atoms with Gasteiger partial charge in [0.05, 0.1) is 35.6 Å². The number of hydrogen-bond donors (Lipinski definition) is 2. The number of ether oxygens (including phenoxy) is 1. The van der Waals surface area contributed by atoms with E-state index in [9.17, 15) is 23.3 Å². The lowest BCUT2D eigenvalue weighted by Crippen LogP contribution is -2.51. The number of nitrogens with zero attached hydrogens (tertiary/aromatic N) is 4. The molecular formula is C25H30N6O5S. The summed E-state index contributed by atoms with van der Waals surface area (Å²) < 4.78 is 34.2. The van der Waals surface area contributed by atoms with E-state index in [-0.39, 0.29) is 29.5 Å². The molecule has 1 aliphatic rings. The molecule has 1 atom stereocenters. The molecule has 12 heteroatoms. The number of carbonyl (C=O) groups excluding carboxylic acids is 1.